The Hall–Kier alpha value is -5.97. The molecule has 0 aromatic carbocycles. The molecule has 0 spiro atoms. The molecule has 0 saturated carbocycles. The summed E-state index contributed by atoms with van der Waals surface area (Å²) in [6, 6.07) is -2.69. The van der Waals surface area contributed by atoms with Crippen LogP contribution < -0.4 is 9.44 Å². The third-order valence-corrected chi connectivity index (χ3v) is 16.5. The van der Waals surface area contributed by atoms with E-state index in [4.69, 9.17) is 0 Å². The Morgan fingerprint density at radius 1 is 0.179 bits per heavy atom. The summed E-state index contributed by atoms with van der Waals surface area (Å²) in [6.07, 6.45) is -18.8. The Balaban J connectivity index is 4.03. The maximum atomic E-state index is 14.7. The van der Waals surface area contributed by atoms with Gasteiger partial charge in [-0.2, -0.15) is 307 Å². The van der Waals surface area contributed by atoms with Crippen molar-refractivity contribution in [1.29, 1.82) is 0 Å². The van der Waals surface area contributed by atoms with Crippen LogP contribution in [0, 0.1) is 0 Å². The second-order valence-electron chi connectivity index (χ2n) is 20.8. The summed E-state index contributed by atoms with van der Waals surface area (Å²) < 4.78 is 966. The van der Waals surface area contributed by atoms with Crippen molar-refractivity contribution in [1.82, 2.24) is 4.98 Å². The van der Waals surface area contributed by atoms with Gasteiger partial charge in [0.25, 0.3) is 0 Å². The van der Waals surface area contributed by atoms with Crippen LogP contribution in [0.5, 0.6) is 0 Å². The summed E-state index contributed by atoms with van der Waals surface area (Å²) in [4.78, 5) is 1.74. The van der Waals surface area contributed by atoms with Gasteiger partial charge in [0.1, 0.15) is 5.82 Å². The van der Waals surface area contributed by atoms with Gasteiger partial charge in [-0.3, -0.25) is 9.44 Å². The predicted octanol–water partition coefficient (Wildman–Crippen LogP) is 20.7. The molecule has 0 unspecified atom stereocenters. The first-order valence-corrected chi connectivity index (χ1v) is 26.6. The summed E-state index contributed by atoms with van der Waals surface area (Å²) in [7, 11) is -18.2. The fraction of sp³-hybridized carbons (Fsp3) is 0.865. The molecule has 1 heterocycles. The summed E-state index contributed by atoms with van der Waals surface area (Å²) in [5, 5.41) is -18.3. The van der Waals surface area contributed by atoms with E-state index in [9.17, 15) is 307 Å². The Labute approximate surface area is 560 Å². The predicted molar refractivity (Wildman–Crippen MR) is 210 cm³/mol. The van der Waals surface area contributed by atoms with E-state index in [1.165, 1.54) is 0 Å². The van der Waals surface area contributed by atoms with Crippen molar-refractivity contribution in [2.24, 2.45) is 0 Å². The van der Waals surface area contributed by atoms with Crippen molar-refractivity contribution in [3.05, 3.63) is 18.3 Å². The molecule has 0 bridgehead atoms. The number of nitrogens with one attached hydrogen (secondary N) is 2. The van der Waals surface area contributed by atoms with Crippen LogP contribution in [0.25, 0.3) is 0 Å². The van der Waals surface area contributed by atoms with Crippen LogP contribution in [0.4, 0.5) is 301 Å². The molecule has 2 N–H and O–H groups in total. The van der Waals surface area contributed by atoms with Gasteiger partial charge >= 0.3 is 209 Å². The topological polar surface area (TPSA) is 105 Å². The lowest BCUT2D eigenvalue weighted by Gasteiger charge is -2.46. The molecule has 666 valence electrons. The molecule has 0 fully saturated rings. The van der Waals surface area contributed by atoms with Crippen molar-refractivity contribution in [3.8, 4) is 0 Å². The number of anilines is 2. The molecule has 0 aliphatic carbocycles. The molecule has 0 aliphatic heterocycles. The number of hydrogen-bond donors (Lipinski definition) is 2. The lowest BCUT2D eigenvalue weighted by Crippen LogP contribution is -2.80. The number of alkyl halides is 66. The molecule has 0 atom stereocenters. The number of sulfonamides is 2. The third-order valence-electron chi connectivity index (χ3n) is 13.6. The van der Waals surface area contributed by atoms with Crippen LogP contribution in [-0.2, 0) is 20.0 Å². The largest absolute Gasteiger partial charge is 0.460 e. The number of halogens is 66. The van der Waals surface area contributed by atoms with Crippen molar-refractivity contribution >= 4 is 31.6 Å². The van der Waals surface area contributed by atoms with Crippen molar-refractivity contribution < 1.29 is 307 Å². The van der Waals surface area contributed by atoms with Gasteiger partial charge in [-0.05, 0) is 12.1 Å². The Morgan fingerprint density at radius 2 is 0.304 bits per heavy atom. The second kappa shape index (κ2) is 25.8. The first-order valence-electron chi connectivity index (χ1n) is 23.6. The highest BCUT2D eigenvalue weighted by atomic mass is 32.2. The summed E-state index contributed by atoms with van der Waals surface area (Å²) in [6.45, 7) is 0. The molecular weight excluding hydrogens is 1870 g/mol. The highest BCUT2D eigenvalue weighted by molar-refractivity contribution is 7.94. The van der Waals surface area contributed by atoms with Crippen molar-refractivity contribution in [2.45, 2.75) is 189 Å². The van der Waals surface area contributed by atoms with E-state index in [1.54, 1.807) is 4.98 Å². The van der Waals surface area contributed by atoms with E-state index < -0.39 is 248 Å². The molecular formula is C37H5F66N3O4S2. The van der Waals surface area contributed by atoms with E-state index in [-0.39, 0.29) is 0 Å². The van der Waals surface area contributed by atoms with Crippen LogP contribution in [0.2, 0.25) is 0 Å². The van der Waals surface area contributed by atoms with Gasteiger partial charge in [0.05, 0.1) is 11.9 Å². The minimum absolute atomic E-state index is 0.747. The first kappa shape index (κ1) is 104. The van der Waals surface area contributed by atoms with E-state index in [1.807, 2.05) is 0 Å². The molecule has 1 aromatic heterocycles. The van der Waals surface area contributed by atoms with Gasteiger partial charge in [0.15, 0.2) is 0 Å². The molecule has 0 aliphatic rings. The zero-order valence-electron chi connectivity index (χ0n) is 47.6. The fourth-order valence-corrected chi connectivity index (χ4v) is 8.74. The van der Waals surface area contributed by atoms with E-state index in [0.717, 1.165) is 0 Å². The number of rotatable bonds is 34. The molecule has 75 heteroatoms. The maximum absolute atomic E-state index is 14.7. The van der Waals surface area contributed by atoms with Crippen LogP contribution in [0.3, 0.4) is 0 Å². The van der Waals surface area contributed by atoms with E-state index in [0.29, 0.717) is 0 Å². The summed E-state index contributed by atoms with van der Waals surface area (Å²) in [5.41, 5.74) is -2.93. The Morgan fingerprint density at radius 3 is 0.429 bits per heavy atom. The number of aromatic nitrogens is 1. The van der Waals surface area contributed by atoms with Gasteiger partial charge in [0, 0.05) is 0 Å². The first-order chi connectivity index (χ1) is 47.2. The molecule has 112 heavy (non-hydrogen) atoms. The van der Waals surface area contributed by atoms with Gasteiger partial charge < -0.3 is 0 Å². The fourth-order valence-electron chi connectivity index (χ4n) is 6.73. The summed E-state index contributed by atoms with van der Waals surface area (Å²) >= 11 is 0. The molecule has 0 radical (unpaired) electrons. The number of nitrogens with zero attached hydrogens (tertiary/aromatic N) is 1. The zero-order chi connectivity index (χ0) is 92.4. The average molecular weight is 1870 g/mol. The van der Waals surface area contributed by atoms with Crippen molar-refractivity contribution in [3.63, 3.8) is 0 Å². The quantitative estimate of drug-likeness (QED) is 0.0669. The summed E-state index contributed by atoms with van der Waals surface area (Å²) in [5.74, 6) is -292. The van der Waals surface area contributed by atoms with E-state index in [2.05, 4.69) is 0 Å². The van der Waals surface area contributed by atoms with E-state index >= 15 is 0 Å². The molecule has 1 rings (SSSR count). The Kier molecular flexibility index (Phi) is 23.9. The SMILES string of the molecule is O=S(=O)(Nc1ccc(NS(=O)(=O)C(F)(F)C(F)(F)C(F)(F)C(F)(F)C(F)(F)C(F)(F)C(F)(F)C(F)(F)C(F)(F)C(F)(F)C(F)(F)C(F)(F)C(F)(F)C(F)(F)C(F)(F)C(F)(F)F)nc1)C(F)(F)C(F)(F)C(F)(F)C(F)(F)C(F)(F)C(F)(F)C(F)(F)C(F)(F)C(F)(F)C(F)(F)C(F)(F)C(F)(F)C(F)(F)C(F)(F)C(F)(F)C(F)(F)F. The number of hydrogen-bond acceptors (Lipinski definition) is 5. The van der Waals surface area contributed by atoms with Crippen LogP contribution in [0.1, 0.15) is 0 Å². The lowest BCUT2D eigenvalue weighted by molar-refractivity contribution is -0.490. The minimum atomic E-state index is -10.7. The Bertz CT molecular complexity index is 3590. The number of pyridine rings is 1. The molecule has 0 amide bonds. The van der Waals surface area contributed by atoms with Gasteiger partial charge in [-0.25, -0.2) is 4.98 Å². The van der Waals surface area contributed by atoms with Gasteiger partial charge in [0.2, 0.25) is 0 Å². The van der Waals surface area contributed by atoms with Gasteiger partial charge in [-0.15, -0.1) is 0 Å². The average Bonchev–Trinajstić information content (AvgIpc) is 0.676. The minimum Gasteiger partial charge on any atom is -0.277 e. The highest BCUT2D eigenvalue weighted by Gasteiger charge is 3.05. The standard InChI is InChI=1S/C37H5F66N3O4S2/c38-6(39,10(46,47)14(54,55)18(62,63)22(70,71)26(78,79)30(86,87)34(94,95)96)8(42,43)12(50,51)16(58,59)20(66,67)24(74,75)28(82,83)32(90,91)36(100,101)111(107,108)105-4-1-2-5(104-3-4)106-112(109,110)37(102,103)33(92,93)29(84,85)25(76,77)21(68,69)17(60,61)13(52,53)9(44,45)7(40,41)11(48,49)15(56,57)19(64,65)23(72,73)27(80,81)31(88,89)35(97,98)99/h1-3,105H,(H,104,106). The van der Waals surface area contributed by atoms with Crippen molar-refractivity contribution in [2.75, 3.05) is 9.44 Å². The monoisotopic (exact) mass is 1870 g/mol. The smallest absolute Gasteiger partial charge is 0.277 e. The third kappa shape index (κ3) is 12.1. The van der Waals surface area contributed by atoms with Crippen LogP contribution >= 0.6 is 0 Å². The normalized spacial score (nSPS) is 17.2. The molecule has 0 saturated heterocycles. The van der Waals surface area contributed by atoms with Gasteiger partial charge in [-0.1, -0.05) is 0 Å². The molecule has 1 aromatic rings. The molecule has 7 nitrogen and oxygen atoms in total. The lowest BCUT2D eigenvalue weighted by atomic mass is 9.83. The second-order valence-corrected chi connectivity index (χ2v) is 24.2. The highest BCUT2D eigenvalue weighted by Crippen LogP contribution is 2.74. The van der Waals surface area contributed by atoms with Crippen LogP contribution in [0.15, 0.2) is 18.3 Å². The maximum Gasteiger partial charge on any atom is 0.460 e. The van der Waals surface area contributed by atoms with Crippen LogP contribution in [-0.4, -0.2) is 211 Å². The zero-order valence-corrected chi connectivity index (χ0v) is 49.2.